The normalized spacial score (nSPS) is 28.7. The van der Waals surface area contributed by atoms with Crippen LogP contribution in [0.2, 0.25) is 0 Å². The second kappa shape index (κ2) is 7.25. The second-order valence-electron chi connectivity index (χ2n) is 9.20. The van der Waals surface area contributed by atoms with E-state index in [4.69, 9.17) is 5.73 Å². The van der Waals surface area contributed by atoms with Gasteiger partial charge >= 0.3 is 0 Å². The number of hydrogen-bond acceptors (Lipinski definition) is 6. The summed E-state index contributed by atoms with van der Waals surface area (Å²) in [5.41, 5.74) is 10.8. The molecule has 164 valence electrons. The number of amidine groups is 2. The molecule has 0 saturated heterocycles. The minimum Gasteiger partial charge on any atom is -0.386 e. The molecule has 8 heteroatoms. The summed E-state index contributed by atoms with van der Waals surface area (Å²) in [5.74, 6) is 1.49. The number of dihydropyridines is 1. The van der Waals surface area contributed by atoms with E-state index in [1.54, 1.807) is 17.1 Å². The first-order valence-corrected chi connectivity index (χ1v) is 10.8. The van der Waals surface area contributed by atoms with Gasteiger partial charge < -0.3 is 11.1 Å². The molecule has 0 radical (unpaired) electrons. The number of amides is 1. The first-order chi connectivity index (χ1) is 15.3. The van der Waals surface area contributed by atoms with E-state index in [-0.39, 0.29) is 23.7 Å². The molecule has 0 aromatic carbocycles. The highest BCUT2D eigenvalue weighted by atomic mass is 16.2. The number of carbonyl (C=O) groups excluding carboxylic acids is 1. The number of fused-ring (bicyclic) bond motifs is 1. The number of carbonyl (C=O) groups is 1. The van der Waals surface area contributed by atoms with Crippen molar-refractivity contribution in [3.8, 4) is 0 Å². The molecule has 3 N–H and O–H groups in total. The Bertz CT molecular complexity index is 1230. The zero-order valence-corrected chi connectivity index (χ0v) is 18.7. The van der Waals surface area contributed by atoms with Crippen LogP contribution in [-0.2, 0) is 11.8 Å². The molecule has 0 bridgehead atoms. The van der Waals surface area contributed by atoms with Gasteiger partial charge in [-0.2, -0.15) is 5.10 Å². The number of allylic oxidation sites excluding steroid dienone is 1. The number of aliphatic imine (C=N–C) groups is 2. The number of hydrogen-bond donors (Lipinski definition) is 2. The lowest BCUT2D eigenvalue weighted by atomic mass is 9.76. The lowest BCUT2D eigenvalue weighted by Gasteiger charge is -2.35. The molecule has 2 aromatic rings. The van der Waals surface area contributed by atoms with Crippen molar-refractivity contribution >= 4 is 23.3 Å². The van der Waals surface area contributed by atoms with Crippen molar-refractivity contribution in [1.29, 1.82) is 0 Å². The topological polar surface area (TPSA) is 111 Å². The molecule has 2 aliphatic heterocycles. The van der Waals surface area contributed by atoms with Crippen LogP contribution in [-0.4, -0.2) is 38.9 Å². The predicted molar refractivity (Wildman–Crippen MR) is 124 cm³/mol. The Morgan fingerprint density at radius 2 is 2.12 bits per heavy atom. The fourth-order valence-corrected chi connectivity index (χ4v) is 4.69. The Morgan fingerprint density at radius 3 is 2.84 bits per heavy atom. The van der Waals surface area contributed by atoms with Crippen molar-refractivity contribution in [3.05, 3.63) is 65.3 Å². The predicted octanol–water partition coefficient (Wildman–Crippen LogP) is 2.35. The Labute approximate surface area is 187 Å². The Hall–Kier alpha value is -3.55. The summed E-state index contributed by atoms with van der Waals surface area (Å²) in [4.78, 5) is 26.5. The molecule has 4 atom stereocenters. The largest absolute Gasteiger partial charge is 0.386 e. The number of pyridine rings is 1. The standard InChI is InChI=1S/C24H27N7O/c1-13-5-6-26-10-17(13)18-7-16-8-19(27-12-24(16,3)23(25)29-18)30-22(32)21-14(2)20(21)15-9-28-31(4)11-15/h5-11,14,20-21H,12H2,1-4H3,(H2,25,29)(H,27,30,32)/t14-,20+,21-,24?/m0/s1. The van der Waals surface area contributed by atoms with Crippen molar-refractivity contribution < 1.29 is 4.79 Å². The van der Waals surface area contributed by atoms with E-state index in [1.165, 1.54) is 0 Å². The second-order valence-corrected chi connectivity index (χ2v) is 9.20. The minimum absolute atomic E-state index is 0.00434. The van der Waals surface area contributed by atoms with Gasteiger partial charge in [0, 0.05) is 43.0 Å². The summed E-state index contributed by atoms with van der Waals surface area (Å²) in [7, 11) is 1.89. The first-order valence-electron chi connectivity index (χ1n) is 10.8. The maximum Gasteiger partial charge on any atom is 0.229 e. The molecule has 1 amide bonds. The zero-order chi connectivity index (χ0) is 22.6. The number of rotatable bonds is 3. The van der Waals surface area contributed by atoms with E-state index >= 15 is 0 Å². The van der Waals surface area contributed by atoms with E-state index < -0.39 is 5.41 Å². The van der Waals surface area contributed by atoms with Gasteiger partial charge in [-0.3, -0.25) is 19.5 Å². The molecule has 2 aromatic heterocycles. The lowest BCUT2D eigenvalue weighted by Crippen LogP contribution is -2.44. The molecule has 8 nitrogen and oxygen atoms in total. The monoisotopic (exact) mass is 429 g/mol. The molecule has 1 fully saturated rings. The molecular formula is C24H27N7O. The van der Waals surface area contributed by atoms with Gasteiger partial charge in [0.05, 0.1) is 23.9 Å². The summed E-state index contributed by atoms with van der Waals surface area (Å²) in [5, 5.41) is 7.27. The van der Waals surface area contributed by atoms with Crippen LogP contribution in [0.4, 0.5) is 0 Å². The fourth-order valence-electron chi connectivity index (χ4n) is 4.69. The van der Waals surface area contributed by atoms with E-state index in [0.717, 1.165) is 28.0 Å². The van der Waals surface area contributed by atoms with Gasteiger partial charge in [-0.1, -0.05) is 6.92 Å². The Kier molecular flexibility index (Phi) is 4.62. The first kappa shape index (κ1) is 20.4. The van der Waals surface area contributed by atoms with Gasteiger partial charge in [0.25, 0.3) is 0 Å². The third kappa shape index (κ3) is 3.26. The van der Waals surface area contributed by atoms with E-state index in [9.17, 15) is 4.79 Å². The number of aromatic nitrogens is 3. The molecule has 1 saturated carbocycles. The summed E-state index contributed by atoms with van der Waals surface area (Å²) in [6.07, 6.45) is 11.3. The Balaban J connectivity index is 1.38. The third-order valence-electron chi connectivity index (χ3n) is 6.95. The molecular weight excluding hydrogens is 402 g/mol. The van der Waals surface area contributed by atoms with Gasteiger partial charge in [0.1, 0.15) is 11.7 Å². The highest BCUT2D eigenvalue weighted by Gasteiger charge is 2.53. The van der Waals surface area contributed by atoms with Crippen LogP contribution in [0.15, 0.2) is 58.6 Å². The average molecular weight is 430 g/mol. The number of aryl methyl sites for hydroxylation is 2. The van der Waals surface area contributed by atoms with Crippen molar-refractivity contribution in [1.82, 2.24) is 20.1 Å². The smallest absolute Gasteiger partial charge is 0.229 e. The zero-order valence-electron chi connectivity index (χ0n) is 18.7. The van der Waals surface area contributed by atoms with Crippen molar-refractivity contribution in [2.24, 2.45) is 40.0 Å². The van der Waals surface area contributed by atoms with Gasteiger partial charge in [-0.15, -0.1) is 0 Å². The summed E-state index contributed by atoms with van der Waals surface area (Å²) >= 11 is 0. The van der Waals surface area contributed by atoms with E-state index in [0.29, 0.717) is 18.2 Å². The Morgan fingerprint density at radius 1 is 1.31 bits per heavy atom. The molecule has 1 unspecified atom stereocenters. The van der Waals surface area contributed by atoms with Gasteiger partial charge in [0.2, 0.25) is 5.91 Å². The minimum atomic E-state index is -0.487. The van der Waals surface area contributed by atoms with E-state index in [2.05, 4.69) is 32.3 Å². The highest BCUT2D eigenvalue weighted by molar-refractivity contribution is 6.09. The van der Waals surface area contributed by atoms with Gasteiger partial charge in [-0.05, 0) is 54.7 Å². The summed E-state index contributed by atoms with van der Waals surface area (Å²) in [6.45, 7) is 6.59. The number of nitrogens with two attached hydrogens (primary N) is 1. The van der Waals surface area contributed by atoms with Crippen molar-refractivity contribution in [3.63, 3.8) is 0 Å². The lowest BCUT2D eigenvalue weighted by molar-refractivity contribution is -0.121. The molecule has 1 aliphatic carbocycles. The number of nitrogens with one attached hydrogen (secondary N) is 1. The highest BCUT2D eigenvalue weighted by Crippen LogP contribution is 2.53. The maximum absolute atomic E-state index is 13.0. The number of nitrogens with zero attached hydrogens (tertiary/aromatic N) is 5. The average Bonchev–Trinajstić information content (AvgIpc) is 3.24. The van der Waals surface area contributed by atoms with Crippen LogP contribution in [0.1, 0.15) is 36.5 Å². The van der Waals surface area contributed by atoms with Gasteiger partial charge in [-0.25, -0.2) is 4.99 Å². The maximum atomic E-state index is 13.0. The molecule has 32 heavy (non-hydrogen) atoms. The quantitative estimate of drug-likeness (QED) is 0.780. The van der Waals surface area contributed by atoms with Crippen LogP contribution in [0.5, 0.6) is 0 Å². The van der Waals surface area contributed by atoms with Crippen molar-refractivity contribution in [2.45, 2.75) is 26.7 Å². The SMILES string of the molecule is Cc1ccncc1C1=CC2=CC(NC(=O)[C@H]3[C@@H](C)[C@@H]3c3cnn(C)c3)=NCC2(C)C(N)=N1. The van der Waals surface area contributed by atoms with Crippen LogP contribution in [0.3, 0.4) is 0 Å². The van der Waals surface area contributed by atoms with Crippen LogP contribution in [0, 0.1) is 24.2 Å². The van der Waals surface area contributed by atoms with E-state index in [1.807, 2.05) is 51.5 Å². The van der Waals surface area contributed by atoms with Crippen LogP contribution in [0.25, 0.3) is 5.70 Å². The molecule has 5 rings (SSSR count). The van der Waals surface area contributed by atoms with Crippen molar-refractivity contribution in [2.75, 3.05) is 6.54 Å². The third-order valence-corrected chi connectivity index (χ3v) is 6.95. The molecule has 3 aliphatic rings. The summed E-state index contributed by atoms with van der Waals surface area (Å²) < 4.78 is 1.77. The summed E-state index contributed by atoms with van der Waals surface area (Å²) in [6, 6.07) is 1.95. The van der Waals surface area contributed by atoms with Crippen LogP contribution >= 0.6 is 0 Å². The van der Waals surface area contributed by atoms with Crippen LogP contribution < -0.4 is 11.1 Å². The fraction of sp³-hybridized carbons (Fsp3) is 0.375. The van der Waals surface area contributed by atoms with Gasteiger partial charge in [0.15, 0.2) is 0 Å². The molecule has 4 heterocycles. The molecule has 0 spiro atoms.